The average Bonchev–Trinajstić information content (AvgIpc) is 3.03. The molecule has 0 atom stereocenters. The van der Waals surface area contributed by atoms with Gasteiger partial charge in [0.2, 0.25) is 0 Å². The zero-order chi connectivity index (χ0) is 18.0. The number of aromatic nitrogens is 4. The summed E-state index contributed by atoms with van der Waals surface area (Å²) in [6.07, 6.45) is 0.354. The minimum absolute atomic E-state index is 0.212. The molecular formula is C17H12ClF3N4. The number of hydrogen-bond donors (Lipinski definition) is 0. The van der Waals surface area contributed by atoms with Crippen molar-refractivity contribution in [1.29, 1.82) is 0 Å². The summed E-state index contributed by atoms with van der Waals surface area (Å²) < 4.78 is 39.9. The Kier molecular flexibility index (Phi) is 4.59. The lowest BCUT2D eigenvalue weighted by molar-refractivity contribution is -0.137. The molecule has 2 heterocycles. The van der Waals surface area contributed by atoms with Crippen LogP contribution in [0.5, 0.6) is 0 Å². The van der Waals surface area contributed by atoms with Crippen LogP contribution in [0.3, 0.4) is 0 Å². The van der Waals surface area contributed by atoms with Crippen LogP contribution >= 0.6 is 11.6 Å². The SMILES string of the molecule is C/C(=C\n1cnc(-c2cccc(C(F)(F)F)c2)n1)c1ccc(Cl)nc1. The first-order chi connectivity index (χ1) is 11.8. The van der Waals surface area contributed by atoms with Crippen molar-refractivity contribution >= 4 is 23.4 Å². The molecule has 3 rings (SSSR count). The van der Waals surface area contributed by atoms with E-state index in [0.29, 0.717) is 10.7 Å². The molecule has 0 aliphatic carbocycles. The van der Waals surface area contributed by atoms with Crippen LogP contribution in [-0.2, 0) is 6.18 Å². The van der Waals surface area contributed by atoms with Gasteiger partial charge in [0.15, 0.2) is 5.82 Å². The zero-order valence-corrected chi connectivity index (χ0v) is 13.8. The third-order valence-electron chi connectivity index (χ3n) is 3.47. The minimum atomic E-state index is -4.41. The van der Waals surface area contributed by atoms with Crippen LogP contribution in [0.15, 0.2) is 48.9 Å². The van der Waals surface area contributed by atoms with Gasteiger partial charge in [-0.25, -0.2) is 14.6 Å². The van der Waals surface area contributed by atoms with Gasteiger partial charge in [-0.1, -0.05) is 29.8 Å². The van der Waals surface area contributed by atoms with Crippen molar-refractivity contribution in [2.75, 3.05) is 0 Å². The number of hydrogen-bond acceptors (Lipinski definition) is 3. The highest BCUT2D eigenvalue weighted by atomic mass is 35.5. The van der Waals surface area contributed by atoms with Gasteiger partial charge in [0, 0.05) is 18.0 Å². The van der Waals surface area contributed by atoms with E-state index in [1.807, 2.05) is 13.0 Å². The Morgan fingerprint density at radius 3 is 2.64 bits per heavy atom. The smallest absolute Gasteiger partial charge is 0.244 e. The highest BCUT2D eigenvalue weighted by molar-refractivity contribution is 6.29. The van der Waals surface area contributed by atoms with Crippen molar-refractivity contribution < 1.29 is 13.2 Å². The first-order valence-corrected chi connectivity index (χ1v) is 7.60. The van der Waals surface area contributed by atoms with Gasteiger partial charge in [-0.3, -0.25) is 0 Å². The van der Waals surface area contributed by atoms with Crippen molar-refractivity contribution in [2.45, 2.75) is 13.1 Å². The number of alkyl halides is 3. The Bertz CT molecular complexity index is 914. The van der Waals surface area contributed by atoms with E-state index in [9.17, 15) is 13.2 Å². The molecule has 0 aliphatic rings. The highest BCUT2D eigenvalue weighted by Crippen LogP contribution is 2.31. The summed E-state index contributed by atoms with van der Waals surface area (Å²) in [6.45, 7) is 1.86. The van der Waals surface area contributed by atoms with Crippen LogP contribution in [0.25, 0.3) is 23.2 Å². The van der Waals surface area contributed by atoms with Crippen molar-refractivity contribution in [1.82, 2.24) is 19.7 Å². The Hall–Kier alpha value is -2.67. The van der Waals surface area contributed by atoms with Gasteiger partial charge in [0.1, 0.15) is 11.5 Å². The van der Waals surface area contributed by atoms with Gasteiger partial charge < -0.3 is 0 Å². The normalized spacial score (nSPS) is 12.4. The Morgan fingerprint density at radius 2 is 1.96 bits per heavy atom. The van der Waals surface area contributed by atoms with Crippen LogP contribution in [-0.4, -0.2) is 19.7 Å². The molecule has 0 saturated carbocycles. The predicted octanol–water partition coefficient (Wildman–Crippen LogP) is 5.03. The second-order valence-corrected chi connectivity index (χ2v) is 5.70. The van der Waals surface area contributed by atoms with Gasteiger partial charge in [-0.2, -0.15) is 13.2 Å². The molecule has 0 fully saturated rings. The maximum Gasteiger partial charge on any atom is 0.416 e. The summed E-state index contributed by atoms with van der Waals surface area (Å²) in [5, 5.41) is 4.59. The fraction of sp³-hybridized carbons (Fsp3) is 0.118. The third-order valence-corrected chi connectivity index (χ3v) is 3.69. The van der Waals surface area contributed by atoms with Gasteiger partial charge >= 0.3 is 6.18 Å². The molecule has 4 nitrogen and oxygen atoms in total. The molecule has 0 N–H and O–H groups in total. The fourth-order valence-electron chi connectivity index (χ4n) is 2.19. The molecule has 0 spiro atoms. The zero-order valence-electron chi connectivity index (χ0n) is 13.0. The molecule has 1 aromatic carbocycles. The van der Waals surface area contributed by atoms with Crippen LogP contribution in [0.2, 0.25) is 5.15 Å². The number of halogens is 4. The minimum Gasteiger partial charge on any atom is -0.244 e. The van der Waals surface area contributed by atoms with Crippen molar-refractivity contribution in [3.05, 3.63) is 65.2 Å². The quantitative estimate of drug-likeness (QED) is 0.612. The predicted molar refractivity (Wildman–Crippen MR) is 89.5 cm³/mol. The molecule has 0 aliphatic heterocycles. The summed E-state index contributed by atoms with van der Waals surface area (Å²) in [7, 11) is 0. The summed E-state index contributed by atoms with van der Waals surface area (Å²) in [5.41, 5.74) is 1.26. The molecule has 0 radical (unpaired) electrons. The van der Waals surface area contributed by atoms with E-state index in [0.717, 1.165) is 23.3 Å². The number of pyridine rings is 1. The van der Waals surface area contributed by atoms with E-state index >= 15 is 0 Å². The molecule has 0 amide bonds. The molecule has 0 saturated heterocycles. The molecular weight excluding hydrogens is 353 g/mol. The Labute approximate surface area is 146 Å². The van der Waals surface area contributed by atoms with Crippen molar-refractivity contribution in [3.63, 3.8) is 0 Å². The van der Waals surface area contributed by atoms with Gasteiger partial charge in [0.25, 0.3) is 0 Å². The fourth-order valence-corrected chi connectivity index (χ4v) is 2.30. The first-order valence-electron chi connectivity index (χ1n) is 7.22. The maximum absolute atomic E-state index is 12.8. The second-order valence-electron chi connectivity index (χ2n) is 5.31. The van der Waals surface area contributed by atoms with Gasteiger partial charge in [-0.05, 0) is 36.3 Å². The largest absolute Gasteiger partial charge is 0.416 e. The lowest BCUT2D eigenvalue weighted by atomic mass is 10.1. The van der Waals surface area contributed by atoms with E-state index in [1.165, 1.54) is 23.1 Å². The maximum atomic E-state index is 12.8. The van der Waals surface area contributed by atoms with Gasteiger partial charge in [-0.15, -0.1) is 5.10 Å². The lowest BCUT2D eigenvalue weighted by Gasteiger charge is -2.06. The monoisotopic (exact) mass is 364 g/mol. The number of benzene rings is 1. The number of allylic oxidation sites excluding steroid dienone is 1. The second kappa shape index (κ2) is 6.68. The van der Waals surface area contributed by atoms with E-state index in [2.05, 4.69) is 15.1 Å². The molecule has 2 aromatic heterocycles. The summed E-state index contributed by atoms with van der Waals surface area (Å²) in [4.78, 5) is 8.07. The van der Waals surface area contributed by atoms with E-state index < -0.39 is 11.7 Å². The molecule has 3 aromatic rings. The van der Waals surface area contributed by atoms with E-state index in [1.54, 1.807) is 18.5 Å². The number of rotatable bonds is 3. The van der Waals surface area contributed by atoms with Crippen molar-refractivity contribution in [3.8, 4) is 11.4 Å². The van der Waals surface area contributed by atoms with Crippen LogP contribution < -0.4 is 0 Å². The molecule has 0 bridgehead atoms. The summed E-state index contributed by atoms with van der Waals surface area (Å²) in [6, 6.07) is 8.39. The highest BCUT2D eigenvalue weighted by Gasteiger charge is 2.30. The Balaban J connectivity index is 1.88. The molecule has 25 heavy (non-hydrogen) atoms. The topological polar surface area (TPSA) is 43.6 Å². The summed E-state index contributed by atoms with van der Waals surface area (Å²) in [5.74, 6) is 0.212. The summed E-state index contributed by atoms with van der Waals surface area (Å²) >= 11 is 5.75. The lowest BCUT2D eigenvalue weighted by Crippen LogP contribution is -2.04. The molecule has 8 heteroatoms. The Morgan fingerprint density at radius 1 is 1.16 bits per heavy atom. The van der Waals surface area contributed by atoms with Gasteiger partial charge in [0.05, 0.1) is 5.56 Å². The van der Waals surface area contributed by atoms with Crippen molar-refractivity contribution in [2.24, 2.45) is 0 Å². The molecule has 128 valence electrons. The van der Waals surface area contributed by atoms with E-state index in [4.69, 9.17) is 11.6 Å². The third kappa shape index (κ3) is 4.06. The van der Waals surface area contributed by atoms with Crippen LogP contribution in [0, 0.1) is 0 Å². The average molecular weight is 365 g/mol. The first kappa shape index (κ1) is 17.2. The van der Waals surface area contributed by atoms with E-state index in [-0.39, 0.29) is 5.82 Å². The standard InChI is InChI=1S/C17H12ClF3N4/c1-11(13-5-6-15(18)22-8-13)9-25-10-23-16(24-25)12-3-2-4-14(7-12)17(19,20)21/h2-10H,1H3/b11-9+. The van der Waals surface area contributed by atoms with Crippen LogP contribution in [0.1, 0.15) is 18.1 Å². The molecule has 0 unspecified atom stereocenters. The number of nitrogens with zero attached hydrogens (tertiary/aromatic N) is 4. The van der Waals surface area contributed by atoms with Crippen LogP contribution in [0.4, 0.5) is 13.2 Å².